The summed E-state index contributed by atoms with van der Waals surface area (Å²) < 4.78 is 31.6. The van der Waals surface area contributed by atoms with Crippen molar-refractivity contribution in [2.75, 3.05) is 11.9 Å². The van der Waals surface area contributed by atoms with Crippen LogP contribution < -0.4 is 5.32 Å². The summed E-state index contributed by atoms with van der Waals surface area (Å²) in [5.74, 6) is -0.983. The first-order chi connectivity index (χ1) is 12.3. The van der Waals surface area contributed by atoms with Crippen LogP contribution in [-0.2, 0) is 19.4 Å². The minimum absolute atomic E-state index is 0.0261. The second-order valence-electron chi connectivity index (χ2n) is 4.96. The molecule has 26 heavy (non-hydrogen) atoms. The SMILES string of the molecule is CCOC(=O)/C(=C/Nc1ccc(Br)cc1)S(=O)(=O)c1ccc(Cl)cc1Cl. The number of nitrogens with one attached hydrogen (secondary N) is 1. The molecule has 0 aliphatic rings. The third kappa shape index (κ3) is 5.01. The molecule has 0 aliphatic carbocycles. The van der Waals surface area contributed by atoms with Gasteiger partial charge in [-0.3, -0.25) is 0 Å². The molecule has 0 atom stereocenters. The van der Waals surface area contributed by atoms with Gasteiger partial charge in [0.25, 0.3) is 0 Å². The van der Waals surface area contributed by atoms with Gasteiger partial charge in [0, 0.05) is 21.4 Å². The summed E-state index contributed by atoms with van der Waals surface area (Å²) in [4.78, 5) is 11.4. The molecule has 2 rings (SSSR count). The van der Waals surface area contributed by atoms with E-state index in [1.807, 2.05) is 0 Å². The standard InChI is InChI=1S/C17H14BrCl2NO4S/c1-2-25-17(22)16(10-21-13-6-3-11(18)4-7-13)26(23,24)15-8-5-12(19)9-14(15)20/h3-10,21H,2H2,1H3/b16-10-. The zero-order valence-electron chi connectivity index (χ0n) is 13.5. The molecule has 1 N–H and O–H groups in total. The molecule has 0 amide bonds. The van der Waals surface area contributed by atoms with Crippen molar-refractivity contribution < 1.29 is 17.9 Å². The normalized spacial score (nSPS) is 11.9. The van der Waals surface area contributed by atoms with Gasteiger partial charge in [-0.1, -0.05) is 39.1 Å². The van der Waals surface area contributed by atoms with Crippen LogP contribution in [0.2, 0.25) is 10.0 Å². The van der Waals surface area contributed by atoms with Crippen molar-refractivity contribution >= 4 is 60.6 Å². The van der Waals surface area contributed by atoms with Gasteiger partial charge >= 0.3 is 5.97 Å². The molecule has 9 heteroatoms. The summed E-state index contributed by atoms with van der Waals surface area (Å²) in [5.41, 5.74) is 0.590. The molecule has 5 nitrogen and oxygen atoms in total. The molecule has 0 unspecified atom stereocenters. The highest BCUT2D eigenvalue weighted by Crippen LogP contribution is 2.30. The van der Waals surface area contributed by atoms with E-state index in [0.717, 1.165) is 10.7 Å². The van der Waals surface area contributed by atoms with Gasteiger partial charge in [-0.25, -0.2) is 13.2 Å². The first-order valence-corrected chi connectivity index (χ1v) is 10.4. The maximum atomic E-state index is 12.9. The van der Waals surface area contributed by atoms with E-state index in [4.69, 9.17) is 27.9 Å². The van der Waals surface area contributed by atoms with E-state index in [1.165, 1.54) is 18.2 Å². The van der Waals surface area contributed by atoms with Gasteiger partial charge in [-0.15, -0.1) is 0 Å². The highest BCUT2D eigenvalue weighted by Gasteiger charge is 2.30. The van der Waals surface area contributed by atoms with E-state index < -0.39 is 20.7 Å². The molecule has 0 aliphatic heterocycles. The Morgan fingerprint density at radius 3 is 2.42 bits per heavy atom. The van der Waals surface area contributed by atoms with Crippen LogP contribution in [-0.4, -0.2) is 21.0 Å². The van der Waals surface area contributed by atoms with Crippen molar-refractivity contribution in [3.8, 4) is 0 Å². The Labute approximate surface area is 170 Å². The Balaban J connectivity index is 2.47. The van der Waals surface area contributed by atoms with Crippen LogP contribution in [0.25, 0.3) is 0 Å². The van der Waals surface area contributed by atoms with Crippen LogP contribution in [0.4, 0.5) is 5.69 Å². The monoisotopic (exact) mass is 477 g/mol. The Hall–Kier alpha value is -1.54. The van der Waals surface area contributed by atoms with Crippen molar-refractivity contribution in [2.45, 2.75) is 11.8 Å². The number of ether oxygens (including phenoxy) is 1. The summed E-state index contributed by atoms with van der Waals surface area (Å²) in [6.45, 7) is 1.61. The van der Waals surface area contributed by atoms with Gasteiger partial charge < -0.3 is 10.1 Å². The Morgan fingerprint density at radius 2 is 1.85 bits per heavy atom. The number of esters is 1. The van der Waals surface area contributed by atoms with Gasteiger partial charge in [0.2, 0.25) is 9.84 Å². The third-order valence-electron chi connectivity index (χ3n) is 3.16. The molecule has 0 spiro atoms. The fourth-order valence-electron chi connectivity index (χ4n) is 1.96. The van der Waals surface area contributed by atoms with Gasteiger partial charge in [-0.2, -0.15) is 0 Å². The van der Waals surface area contributed by atoms with E-state index in [2.05, 4.69) is 21.2 Å². The van der Waals surface area contributed by atoms with Crippen molar-refractivity contribution in [3.63, 3.8) is 0 Å². The number of anilines is 1. The lowest BCUT2D eigenvalue weighted by atomic mass is 10.3. The summed E-state index contributed by atoms with van der Waals surface area (Å²) in [7, 11) is -4.22. The maximum Gasteiger partial charge on any atom is 0.351 e. The van der Waals surface area contributed by atoms with E-state index in [0.29, 0.717) is 5.69 Å². The summed E-state index contributed by atoms with van der Waals surface area (Å²) >= 11 is 15.1. The van der Waals surface area contributed by atoms with Crippen LogP contribution in [0.15, 0.2) is 62.9 Å². The average Bonchev–Trinajstić information content (AvgIpc) is 2.56. The highest BCUT2D eigenvalue weighted by atomic mass is 79.9. The lowest BCUT2D eigenvalue weighted by Crippen LogP contribution is -2.18. The molecule has 2 aromatic carbocycles. The minimum Gasteiger partial charge on any atom is -0.462 e. The van der Waals surface area contributed by atoms with Gasteiger partial charge in [0.05, 0.1) is 16.5 Å². The average molecular weight is 479 g/mol. The first-order valence-electron chi connectivity index (χ1n) is 7.35. The number of benzene rings is 2. The van der Waals surface area contributed by atoms with Gasteiger partial charge in [0.15, 0.2) is 4.91 Å². The van der Waals surface area contributed by atoms with Crippen molar-refractivity contribution in [1.82, 2.24) is 0 Å². The predicted molar refractivity (Wildman–Crippen MR) is 106 cm³/mol. The number of carbonyl (C=O) groups excluding carboxylic acids is 1. The maximum absolute atomic E-state index is 12.9. The fourth-order valence-corrected chi connectivity index (χ4v) is 4.22. The fraction of sp³-hybridized carbons (Fsp3) is 0.118. The largest absolute Gasteiger partial charge is 0.462 e. The van der Waals surface area contributed by atoms with Crippen LogP contribution >= 0.6 is 39.1 Å². The predicted octanol–water partition coefficient (Wildman–Crippen LogP) is 5.05. The van der Waals surface area contributed by atoms with E-state index in [9.17, 15) is 13.2 Å². The zero-order chi connectivity index (χ0) is 19.3. The number of hydrogen-bond donors (Lipinski definition) is 1. The molecule has 0 radical (unpaired) electrons. The molecule has 0 saturated carbocycles. The number of carbonyl (C=O) groups is 1. The third-order valence-corrected chi connectivity index (χ3v) is 6.15. The molecule has 0 heterocycles. The second-order valence-corrected chi connectivity index (χ2v) is 8.60. The van der Waals surface area contributed by atoms with Crippen molar-refractivity contribution in [1.29, 1.82) is 0 Å². The topological polar surface area (TPSA) is 72.5 Å². The Kier molecular flexibility index (Phi) is 7.11. The minimum atomic E-state index is -4.22. The molecular formula is C17H14BrCl2NO4S. The van der Waals surface area contributed by atoms with Crippen LogP contribution in [0.5, 0.6) is 0 Å². The number of hydrogen-bond acceptors (Lipinski definition) is 5. The molecule has 0 bridgehead atoms. The van der Waals surface area contributed by atoms with Gasteiger partial charge in [0.1, 0.15) is 0 Å². The van der Waals surface area contributed by atoms with E-state index in [1.54, 1.807) is 31.2 Å². The van der Waals surface area contributed by atoms with Gasteiger partial charge in [-0.05, 0) is 49.4 Å². The van der Waals surface area contributed by atoms with Crippen LogP contribution in [0, 0.1) is 0 Å². The van der Waals surface area contributed by atoms with Crippen LogP contribution in [0.1, 0.15) is 6.92 Å². The number of rotatable bonds is 6. The molecule has 138 valence electrons. The zero-order valence-corrected chi connectivity index (χ0v) is 17.4. The summed E-state index contributed by atoms with van der Waals surface area (Å²) in [5, 5.41) is 2.98. The second kappa shape index (κ2) is 8.90. The van der Waals surface area contributed by atoms with Crippen LogP contribution in [0.3, 0.4) is 0 Å². The molecular weight excluding hydrogens is 465 g/mol. The lowest BCUT2D eigenvalue weighted by Gasteiger charge is -2.11. The quantitative estimate of drug-likeness (QED) is 0.464. The number of halogens is 3. The first kappa shape index (κ1) is 20.8. The van der Waals surface area contributed by atoms with Crippen molar-refractivity contribution in [2.24, 2.45) is 0 Å². The number of sulfone groups is 1. The lowest BCUT2D eigenvalue weighted by molar-refractivity contribution is -0.137. The smallest absolute Gasteiger partial charge is 0.351 e. The van der Waals surface area contributed by atoms with E-state index >= 15 is 0 Å². The van der Waals surface area contributed by atoms with E-state index in [-0.39, 0.29) is 21.5 Å². The van der Waals surface area contributed by atoms with Crippen molar-refractivity contribution in [3.05, 3.63) is 68.1 Å². The Bertz CT molecular complexity index is 944. The summed E-state index contributed by atoms with van der Waals surface area (Å²) in [6.07, 6.45) is 1.08. The molecule has 0 fully saturated rings. The molecule has 0 saturated heterocycles. The Morgan fingerprint density at radius 1 is 1.19 bits per heavy atom. The highest BCUT2D eigenvalue weighted by molar-refractivity contribution is 9.10. The molecule has 0 aromatic heterocycles. The summed E-state index contributed by atoms with van der Waals surface area (Å²) in [6, 6.07) is 10.9. The molecule has 2 aromatic rings.